The molecule has 1 fully saturated rings. The molecule has 4 rings (SSSR count). The number of hydrogen-bond donors (Lipinski definition) is 2. The molecule has 2 amide bonds. The molecule has 1 aliphatic carbocycles. The lowest BCUT2D eigenvalue weighted by Crippen LogP contribution is -2.62. The Kier molecular flexibility index (Phi) is 6.64. The Labute approximate surface area is 200 Å². The number of nitrogens with one attached hydrogen (secondary N) is 1. The summed E-state index contributed by atoms with van der Waals surface area (Å²) >= 11 is 0. The molecule has 1 heterocycles. The number of nitrogens with zero attached hydrogens (tertiary/aromatic N) is 1. The third kappa shape index (κ3) is 4.27. The van der Waals surface area contributed by atoms with Gasteiger partial charge in [0.05, 0.1) is 0 Å². The molecule has 2 N–H and O–H groups in total. The van der Waals surface area contributed by atoms with E-state index in [0.29, 0.717) is 13.0 Å². The fourth-order valence-electron chi connectivity index (χ4n) is 5.15. The summed E-state index contributed by atoms with van der Waals surface area (Å²) in [6.07, 6.45) is 1.20. The quantitative estimate of drug-likeness (QED) is 0.660. The van der Waals surface area contributed by atoms with Crippen LogP contribution in [-0.2, 0) is 14.3 Å². The maximum atomic E-state index is 13.4. The van der Waals surface area contributed by atoms with E-state index in [-0.39, 0.29) is 24.3 Å². The van der Waals surface area contributed by atoms with Gasteiger partial charge < -0.3 is 20.1 Å². The van der Waals surface area contributed by atoms with Gasteiger partial charge in [-0.3, -0.25) is 4.79 Å². The number of aliphatic carboxylic acids is 1. The van der Waals surface area contributed by atoms with Crippen molar-refractivity contribution in [1.82, 2.24) is 10.2 Å². The number of carbonyl (C=O) groups is 3. The van der Waals surface area contributed by atoms with Gasteiger partial charge >= 0.3 is 12.1 Å². The number of rotatable bonds is 6. The molecule has 2 aromatic carbocycles. The average molecular weight is 465 g/mol. The summed E-state index contributed by atoms with van der Waals surface area (Å²) < 4.78 is 5.62. The molecule has 0 radical (unpaired) electrons. The molecular weight excluding hydrogens is 432 g/mol. The summed E-state index contributed by atoms with van der Waals surface area (Å²) in [6.45, 7) is 5.74. The Morgan fingerprint density at radius 2 is 1.65 bits per heavy atom. The van der Waals surface area contributed by atoms with Crippen LogP contribution in [0, 0.1) is 5.92 Å². The molecule has 7 heteroatoms. The zero-order valence-electron chi connectivity index (χ0n) is 19.9. The maximum absolute atomic E-state index is 13.4. The van der Waals surface area contributed by atoms with Crippen LogP contribution in [0.1, 0.15) is 57.1 Å². The van der Waals surface area contributed by atoms with Gasteiger partial charge in [0.25, 0.3) is 0 Å². The normalized spacial score (nSPS) is 20.4. The highest BCUT2D eigenvalue weighted by molar-refractivity contribution is 5.91. The van der Waals surface area contributed by atoms with Crippen LogP contribution in [0.5, 0.6) is 0 Å². The molecule has 7 nitrogen and oxygen atoms in total. The van der Waals surface area contributed by atoms with Crippen molar-refractivity contribution in [2.45, 2.75) is 57.5 Å². The second kappa shape index (κ2) is 9.49. The van der Waals surface area contributed by atoms with Gasteiger partial charge in [-0.1, -0.05) is 62.4 Å². The molecule has 2 aliphatic rings. The van der Waals surface area contributed by atoms with Crippen molar-refractivity contribution in [3.05, 3.63) is 59.7 Å². The van der Waals surface area contributed by atoms with E-state index in [1.165, 1.54) is 4.90 Å². The Bertz CT molecular complexity index is 1050. The lowest BCUT2D eigenvalue weighted by molar-refractivity contribution is -0.162. The number of fused-ring (bicyclic) bond motifs is 3. The predicted molar refractivity (Wildman–Crippen MR) is 128 cm³/mol. The van der Waals surface area contributed by atoms with Crippen LogP contribution < -0.4 is 5.32 Å². The summed E-state index contributed by atoms with van der Waals surface area (Å²) in [5.41, 5.74) is 3.23. The molecular formula is C27H32N2O5. The summed E-state index contributed by atoms with van der Waals surface area (Å²) in [5.74, 6) is -1.71. The highest BCUT2D eigenvalue weighted by atomic mass is 16.5. The minimum atomic E-state index is -1.27. The lowest BCUT2D eigenvalue weighted by Gasteiger charge is -2.43. The number of hydrogen-bond acceptors (Lipinski definition) is 4. The van der Waals surface area contributed by atoms with Crippen LogP contribution in [0.3, 0.4) is 0 Å². The molecule has 1 unspecified atom stereocenters. The first-order valence-corrected chi connectivity index (χ1v) is 11.9. The minimum absolute atomic E-state index is 0.0799. The zero-order chi connectivity index (χ0) is 24.5. The Morgan fingerprint density at radius 1 is 1.06 bits per heavy atom. The molecule has 34 heavy (non-hydrogen) atoms. The summed E-state index contributed by atoms with van der Waals surface area (Å²) in [5, 5.41) is 12.5. The van der Waals surface area contributed by atoms with E-state index in [1.54, 1.807) is 6.92 Å². The number of likely N-dealkylation sites (tertiary alicyclic amines) is 1. The SMILES string of the molecule is CC(C)[C@@H](NC(=O)OCC1c2ccccc2-c2ccccc21)C(=O)N1CCCCC1(C)C(=O)O. The Morgan fingerprint density at radius 3 is 2.21 bits per heavy atom. The van der Waals surface area contributed by atoms with Gasteiger partial charge in [0.2, 0.25) is 5.91 Å². The monoisotopic (exact) mass is 464 g/mol. The van der Waals surface area contributed by atoms with Crippen molar-refractivity contribution in [1.29, 1.82) is 0 Å². The van der Waals surface area contributed by atoms with Gasteiger partial charge in [0.1, 0.15) is 18.2 Å². The zero-order valence-corrected chi connectivity index (χ0v) is 19.9. The molecule has 0 bridgehead atoms. The molecule has 180 valence electrons. The predicted octanol–water partition coefficient (Wildman–Crippen LogP) is 4.41. The number of carboxylic acid groups (broad SMARTS) is 1. The molecule has 0 saturated carbocycles. The first-order valence-electron chi connectivity index (χ1n) is 11.9. The third-order valence-corrected chi connectivity index (χ3v) is 7.17. The van der Waals surface area contributed by atoms with E-state index in [1.807, 2.05) is 50.2 Å². The van der Waals surface area contributed by atoms with Crippen molar-refractivity contribution in [3.8, 4) is 11.1 Å². The number of carbonyl (C=O) groups excluding carboxylic acids is 2. The van der Waals surface area contributed by atoms with Crippen LogP contribution in [-0.4, -0.2) is 52.7 Å². The third-order valence-electron chi connectivity index (χ3n) is 7.17. The minimum Gasteiger partial charge on any atom is -0.480 e. The van der Waals surface area contributed by atoms with Crippen LogP contribution in [0.2, 0.25) is 0 Å². The van der Waals surface area contributed by atoms with Gasteiger partial charge in [-0.05, 0) is 54.4 Å². The fourth-order valence-corrected chi connectivity index (χ4v) is 5.15. The van der Waals surface area contributed by atoms with E-state index in [0.717, 1.165) is 35.1 Å². The standard InChI is InChI=1S/C27H32N2O5/c1-17(2)23(24(30)29-15-9-8-14-27(29,3)25(31)32)28-26(33)34-16-22-20-12-6-4-10-18(20)19-11-5-7-13-21(19)22/h4-7,10-13,17,22-23H,8-9,14-16H2,1-3H3,(H,28,33)(H,31,32)/t23-,27?/m1/s1. The van der Waals surface area contributed by atoms with Crippen LogP contribution in [0.15, 0.2) is 48.5 Å². The lowest BCUT2D eigenvalue weighted by atomic mass is 9.87. The fraction of sp³-hybridized carbons (Fsp3) is 0.444. The van der Waals surface area contributed by atoms with Crippen LogP contribution >= 0.6 is 0 Å². The van der Waals surface area contributed by atoms with Crippen molar-refractivity contribution >= 4 is 18.0 Å². The van der Waals surface area contributed by atoms with E-state index in [4.69, 9.17) is 4.74 Å². The number of piperidine rings is 1. The van der Waals surface area contributed by atoms with Gasteiger partial charge in [-0.25, -0.2) is 9.59 Å². The Hall–Kier alpha value is -3.35. The number of ether oxygens (including phenoxy) is 1. The van der Waals surface area contributed by atoms with E-state index >= 15 is 0 Å². The van der Waals surface area contributed by atoms with Crippen molar-refractivity contribution in [3.63, 3.8) is 0 Å². The van der Waals surface area contributed by atoms with Crippen LogP contribution in [0.4, 0.5) is 4.79 Å². The summed E-state index contributed by atoms with van der Waals surface area (Å²) in [6, 6.07) is 15.3. The van der Waals surface area contributed by atoms with E-state index < -0.39 is 23.6 Å². The van der Waals surface area contributed by atoms with Gasteiger partial charge in [-0.15, -0.1) is 0 Å². The molecule has 1 aliphatic heterocycles. The maximum Gasteiger partial charge on any atom is 0.407 e. The summed E-state index contributed by atoms with van der Waals surface area (Å²) in [4.78, 5) is 39.5. The highest BCUT2D eigenvalue weighted by Gasteiger charge is 2.46. The number of alkyl carbamates (subject to hydrolysis) is 1. The average Bonchev–Trinajstić information content (AvgIpc) is 3.14. The number of benzene rings is 2. The topological polar surface area (TPSA) is 95.9 Å². The van der Waals surface area contributed by atoms with Gasteiger partial charge in [0.15, 0.2) is 0 Å². The second-order valence-electron chi connectivity index (χ2n) is 9.72. The number of carboxylic acids is 1. The molecule has 0 aromatic heterocycles. The van der Waals surface area contributed by atoms with Crippen molar-refractivity contribution < 1.29 is 24.2 Å². The Balaban J connectivity index is 1.46. The van der Waals surface area contributed by atoms with E-state index in [9.17, 15) is 19.5 Å². The largest absolute Gasteiger partial charge is 0.480 e. The molecule has 2 aromatic rings. The highest BCUT2D eigenvalue weighted by Crippen LogP contribution is 2.44. The first-order chi connectivity index (χ1) is 16.2. The number of amides is 2. The smallest absolute Gasteiger partial charge is 0.407 e. The van der Waals surface area contributed by atoms with Crippen molar-refractivity contribution in [2.75, 3.05) is 13.2 Å². The molecule has 2 atom stereocenters. The summed E-state index contributed by atoms with van der Waals surface area (Å²) in [7, 11) is 0. The van der Waals surface area contributed by atoms with Gasteiger partial charge in [-0.2, -0.15) is 0 Å². The second-order valence-corrected chi connectivity index (χ2v) is 9.72. The molecule has 0 spiro atoms. The first kappa shape index (κ1) is 23.8. The van der Waals surface area contributed by atoms with E-state index in [2.05, 4.69) is 17.4 Å². The van der Waals surface area contributed by atoms with Gasteiger partial charge in [0, 0.05) is 12.5 Å². The van der Waals surface area contributed by atoms with Crippen LogP contribution in [0.25, 0.3) is 11.1 Å². The van der Waals surface area contributed by atoms with Crippen molar-refractivity contribution in [2.24, 2.45) is 5.92 Å². The molecule has 1 saturated heterocycles.